The molecule has 0 N–H and O–H groups in total. The second-order valence-electron chi connectivity index (χ2n) is 4.76. The number of halogens is 1. The van der Waals surface area contributed by atoms with E-state index in [1.807, 2.05) is 12.3 Å². The van der Waals surface area contributed by atoms with Crippen LogP contribution in [0.1, 0.15) is 31.0 Å². The monoisotopic (exact) mass is 253 g/mol. The van der Waals surface area contributed by atoms with Crippen LogP contribution in [0.5, 0.6) is 0 Å². The van der Waals surface area contributed by atoms with Gasteiger partial charge in [-0.3, -0.25) is 4.98 Å². The Morgan fingerprint density at radius 1 is 1.59 bits per heavy atom. The van der Waals surface area contributed by atoms with Gasteiger partial charge in [-0.25, -0.2) is 0 Å². The number of aromatic nitrogens is 1. The molecule has 1 aliphatic heterocycles. The summed E-state index contributed by atoms with van der Waals surface area (Å²) >= 11 is 6.55. The molecule has 3 atom stereocenters. The molecule has 0 amide bonds. The summed E-state index contributed by atoms with van der Waals surface area (Å²) in [5, 5.41) is 0.135. The Morgan fingerprint density at radius 3 is 3.12 bits per heavy atom. The van der Waals surface area contributed by atoms with Gasteiger partial charge in [0, 0.05) is 36.2 Å². The molecule has 0 saturated carbocycles. The van der Waals surface area contributed by atoms with Gasteiger partial charge in [-0.15, -0.1) is 11.6 Å². The third-order valence-electron chi connectivity index (χ3n) is 3.63. The van der Waals surface area contributed by atoms with Crippen molar-refractivity contribution in [3.05, 3.63) is 29.6 Å². The Labute approximate surface area is 108 Å². The minimum Gasteiger partial charge on any atom is -0.378 e. The average Bonchev–Trinajstić information content (AvgIpc) is 2.80. The fourth-order valence-corrected chi connectivity index (χ4v) is 3.00. The van der Waals surface area contributed by atoms with Crippen LogP contribution in [-0.4, -0.2) is 23.1 Å². The summed E-state index contributed by atoms with van der Waals surface area (Å²) in [6, 6.07) is 4.06. The van der Waals surface area contributed by atoms with Gasteiger partial charge < -0.3 is 4.74 Å². The number of alkyl halides is 1. The van der Waals surface area contributed by atoms with Crippen molar-refractivity contribution >= 4 is 11.6 Å². The van der Waals surface area contributed by atoms with Crippen molar-refractivity contribution in [1.82, 2.24) is 4.98 Å². The van der Waals surface area contributed by atoms with Crippen LogP contribution in [0, 0.1) is 12.8 Å². The maximum absolute atomic E-state index is 6.55. The Balaban J connectivity index is 2.01. The number of rotatable bonds is 4. The normalized spacial score (nSPS) is 26.1. The van der Waals surface area contributed by atoms with E-state index >= 15 is 0 Å². The van der Waals surface area contributed by atoms with Gasteiger partial charge in [0.1, 0.15) is 0 Å². The van der Waals surface area contributed by atoms with E-state index in [1.165, 1.54) is 5.56 Å². The molecule has 0 aromatic carbocycles. The number of pyridine rings is 1. The van der Waals surface area contributed by atoms with Crippen molar-refractivity contribution < 1.29 is 4.74 Å². The van der Waals surface area contributed by atoms with E-state index in [9.17, 15) is 0 Å². The summed E-state index contributed by atoms with van der Waals surface area (Å²) in [6.07, 6.45) is 5.15. The zero-order valence-corrected chi connectivity index (χ0v) is 11.3. The van der Waals surface area contributed by atoms with Crippen LogP contribution in [0.15, 0.2) is 18.3 Å². The molecule has 1 saturated heterocycles. The maximum atomic E-state index is 6.55. The topological polar surface area (TPSA) is 22.1 Å². The maximum Gasteiger partial charge on any atom is 0.0615 e. The molecular weight excluding hydrogens is 234 g/mol. The molecule has 1 aliphatic rings. The fourth-order valence-electron chi connectivity index (χ4n) is 2.57. The highest BCUT2D eigenvalue weighted by Gasteiger charge is 2.32. The minimum absolute atomic E-state index is 0.135. The summed E-state index contributed by atoms with van der Waals surface area (Å²) in [6.45, 7) is 5.11. The van der Waals surface area contributed by atoms with Crippen molar-refractivity contribution in [3.63, 3.8) is 0 Å². The zero-order chi connectivity index (χ0) is 12.3. The van der Waals surface area contributed by atoms with Crippen LogP contribution in [-0.2, 0) is 11.2 Å². The van der Waals surface area contributed by atoms with Crippen molar-refractivity contribution in [2.45, 2.75) is 44.6 Å². The molecule has 0 aliphatic carbocycles. The second kappa shape index (κ2) is 5.83. The smallest absolute Gasteiger partial charge is 0.0615 e. The van der Waals surface area contributed by atoms with Crippen molar-refractivity contribution in [1.29, 1.82) is 0 Å². The highest BCUT2D eigenvalue weighted by Crippen LogP contribution is 2.31. The molecule has 0 bridgehead atoms. The lowest BCUT2D eigenvalue weighted by Crippen LogP contribution is -2.26. The van der Waals surface area contributed by atoms with E-state index in [2.05, 4.69) is 24.9 Å². The Morgan fingerprint density at radius 2 is 2.41 bits per heavy atom. The van der Waals surface area contributed by atoms with E-state index in [0.717, 1.165) is 31.6 Å². The van der Waals surface area contributed by atoms with Crippen LogP contribution < -0.4 is 0 Å². The Kier molecular flexibility index (Phi) is 4.41. The molecule has 2 heterocycles. The number of hydrogen-bond acceptors (Lipinski definition) is 2. The van der Waals surface area contributed by atoms with Gasteiger partial charge in [0.15, 0.2) is 0 Å². The first-order valence-electron chi connectivity index (χ1n) is 6.38. The Hall–Kier alpha value is -0.600. The summed E-state index contributed by atoms with van der Waals surface area (Å²) < 4.78 is 5.70. The molecule has 2 nitrogen and oxygen atoms in total. The van der Waals surface area contributed by atoms with Crippen LogP contribution >= 0.6 is 11.6 Å². The van der Waals surface area contributed by atoms with Crippen molar-refractivity contribution in [2.24, 2.45) is 5.92 Å². The quantitative estimate of drug-likeness (QED) is 0.768. The second-order valence-corrected chi connectivity index (χ2v) is 5.32. The van der Waals surface area contributed by atoms with Crippen LogP contribution in [0.3, 0.4) is 0 Å². The summed E-state index contributed by atoms with van der Waals surface area (Å²) in [4.78, 5) is 4.42. The van der Waals surface area contributed by atoms with Gasteiger partial charge in [0.2, 0.25) is 0 Å². The fraction of sp³-hybridized carbons (Fsp3) is 0.643. The first-order chi connectivity index (χ1) is 8.22. The van der Waals surface area contributed by atoms with E-state index in [-0.39, 0.29) is 5.38 Å². The predicted molar refractivity (Wildman–Crippen MR) is 70.5 cm³/mol. The highest BCUT2D eigenvalue weighted by molar-refractivity contribution is 6.21. The standard InChI is InChI=1S/C14H20ClNO/c1-3-14-11(6-8-17-14)12(15)9-13-10(2)5-4-7-16-13/h4-5,7,11-12,14H,3,6,8-9H2,1-2H3. The molecule has 1 aromatic rings. The molecule has 3 heteroatoms. The van der Waals surface area contributed by atoms with E-state index < -0.39 is 0 Å². The highest BCUT2D eigenvalue weighted by atomic mass is 35.5. The van der Waals surface area contributed by atoms with Crippen LogP contribution in [0.2, 0.25) is 0 Å². The average molecular weight is 254 g/mol. The largest absolute Gasteiger partial charge is 0.378 e. The molecule has 17 heavy (non-hydrogen) atoms. The number of aryl methyl sites for hydroxylation is 1. The SMILES string of the molecule is CCC1OCCC1C(Cl)Cc1ncccc1C. The van der Waals surface area contributed by atoms with Crippen LogP contribution in [0.25, 0.3) is 0 Å². The van der Waals surface area contributed by atoms with Gasteiger partial charge in [0.05, 0.1) is 6.10 Å². The first-order valence-corrected chi connectivity index (χ1v) is 6.82. The van der Waals surface area contributed by atoms with E-state index in [1.54, 1.807) is 0 Å². The van der Waals surface area contributed by atoms with Gasteiger partial charge in [-0.05, 0) is 31.4 Å². The molecule has 3 unspecified atom stereocenters. The predicted octanol–water partition coefficient (Wildman–Crippen LogP) is 3.36. The van der Waals surface area contributed by atoms with Gasteiger partial charge >= 0.3 is 0 Å². The molecular formula is C14H20ClNO. The minimum atomic E-state index is 0.135. The first kappa shape index (κ1) is 12.8. The number of nitrogens with zero attached hydrogens (tertiary/aromatic N) is 1. The summed E-state index contributed by atoms with van der Waals surface area (Å²) in [5.41, 5.74) is 2.35. The number of ether oxygens (including phenoxy) is 1. The van der Waals surface area contributed by atoms with Gasteiger partial charge in [0.25, 0.3) is 0 Å². The third kappa shape index (κ3) is 2.99. The molecule has 0 spiro atoms. The lowest BCUT2D eigenvalue weighted by atomic mass is 9.92. The zero-order valence-electron chi connectivity index (χ0n) is 10.5. The molecule has 1 fully saturated rings. The molecule has 94 valence electrons. The molecule has 0 radical (unpaired) electrons. The number of hydrogen-bond donors (Lipinski definition) is 0. The Bertz CT molecular complexity index is 369. The third-order valence-corrected chi connectivity index (χ3v) is 4.11. The van der Waals surface area contributed by atoms with Gasteiger partial charge in [-0.2, -0.15) is 0 Å². The summed E-state index contributed by atoms with van der Waals surface area (Å²) in [7, 11) is 0. The molecule has 2 rings (SSSR count). The lowest BCUT2D eigenvalue weighted by Gasteiger charge is -2.22. The van der Waals surface area contributed by atoms with E-state index in [0.29, 0.717) is 12.0 Å². The van der Waals surface area contributed by atoms with Crippen LogP contribution in [0.4, 0.5) is 0 Å². The summed E-state index contributed by atoms with van der Waals surface area (Å²) in [5.74, 6) is 0.475. The van der Waals surface area contributed by atoms with E-state index in [4.69, 9.17) is 16.3 Å². The van der Waals surface area contributed by atoms with Crippen molar-refractivity contribution in [2.75, 3.05) is 6.61 Å². The van der Waals surface area contributed by atoms with Gasteiger partial charge in [-0.1, -0.05) is 13.0 Å². The molecule has 1 aromatic heterocycles. The lowest BCUT2D eigenvalue weighted by molar-refractivity contribution is 0.0864. The van der Waals surface area contributed by atoms with Crippen molar-refractivity contribution in [3.8, 4) is 0 Å².